The first-order chi connectivity index (χ1) is 15.3. The van der Waals surface area contributed by atoms with Crippen LogP contribution in [0.5, 0.6) is 17.4 Å². The molecule has 164 valence electrons. The number of benzene rings is 2. The second-order valence-electron chi connectivity index (χ2n) is 6.89. The SMILES string of the molecule is Cn1ccc2c(Oc3ccc(NC(=O)Cc4ccc(OC(F)(F)F)cc4)cc3)ncnc21. The fraction of sp³-hybridized carbons (Fsp3) is 0.136. The molecule has 0 bridgehead atoms. The number of aryl methyl sites for hydroxylation is 1. The maximum atomic E-state index is 12.2. The van der Waals surface area contributed by atoms with Crippen molar-refractivity contribution in [3.63, 3.8) is 0 Å². The van der Waals surface area contributed by atoms with E-state index in [9.17, 15) is 18.0 Å². The number of fused-ring (bicyclic) bond motifs is 1. The molecule has 1 N–H and O–H groups in total. The lowest BCUT2D eigenvalue weighted by molar-refractivity contribution is -0.274. The van der Waals surface area contributed by atoms with Crippen molar-refractivity contribution in [3.05, 3.63) is 72.7 Å². The molecule has 0 aliphatic heterocycles. The van der Waals surface area contributed by atoms with Crippen LogP contribution in [0.2, 0.25) is 0 Å². The van der Waals surface area contributed by atoms with E-state index in [4.69, 9.17) is 4.74 Å². The molecule has 0 aliphatic rings. The maximum absolute atomic E-state index is 12.2. The van der Waals surface area contributed by atoms with Crippen LogP contribution in [0.3, 0.4) is 0 Å². The van der Waals surface area contributed by atoms with Crippen LogP contribution in [0.1, 0.15) is 5.56 Å². The monoisotopic (exact) mass is 442 g/mol. The van der Waals surface area contributed by atoms with Gasteiger partial charge in [-0.1, -0.05) is 12.1 Å². The van der Waals surface area contributed by atoms with E-state index >= 15 is 0 Å². The zero-order valence-electron chi connectivity index (χ0n) is 16.8. The van der Waals surface area contributed by atoms with Crippen molar-refractivity contribution in [1.29, 1.82) is 0 Å². The smallest absolute Gasteiger partial charge is 0.438 e. The van der Waals surface area contributed by atoms with Crippen molar-refractivity contribution in [2.45, 2.75) is 12.8 Å². The van der Waals surface area contributed by atoms with E-state index in [0.29, 0.717) is 22.9 Å². The van der Waals surface area contributed by atoms with Crippen molar-refractivity contribution in [1.82, 2.24) is 14.5 Å². The minimum Gasteiger partial charge on any atom is -0.438 e. The highest BCUT2D eigenvalue weighted by Crippen LogP contribution is 2.28. The van der Waals surface area contributed by atoms with Crippen LogP contribution in [-0.4, -0.2) is 26.8 Å². The van der Waals surface area contributed by atoms with Crippen molar-refractivity contribution in [3.8, 4) is 17.4 Å². The van der Waals surface area contributed by atoms with Gasteiger partial charge in [0.05, 0.1) is 11.8 Å². The number of alkyl halides is 3. The molecule has 7 nitrogen and oxygen atoms in total. The highest BCUT2D eigenvalue weighted by molar-refractivity contribution is 5.92. The summed E-state index contributed by atoms with van der Waals surface area (Å²) in [5, 5.41) is 3.51. The third kappa shape index (κ3) is 5.15. The number of anilines is 1. The number of halogens is 3. The van der Waals surface area contributed by atoms with E-state index in [2.05, 4.69) is 20.0 Å². The van der Waals surface area contributed by atoms with Crippen LogP contribution in [0.15, 0.2) is 67.1 Å². The summed E-state index contributed by atoms with van der Waals surface area (Å²) in [6.07, 6.45) is -1.47. The van der Waals surface area contributed by atoms with Crippen LogP contribution >= 0.6 is 0 Å². The molecule has 10 heteroatoms. The maximum Gasteiger partial charge on any atom is 0.573 e. The van der Waals surface area contributed by atoms with Crippen molar-refractivity contribution in [2.75, 3.05) is 5.32 Å². The minimum absolute atomic E-state index is 0.00251. The second kappa shape index (κ2) is 8.58. The van der Waals surface area contributed by atoms with Crippen LogP contribution in [0, 0.1) is 0 Å². The third-order valence-electron chi connectivity index (χ3n) is 4.50. The number of nitrogens with one attached hydrogen (secondary N) is 1. The van der Waals surface area contributed by atoms with Gasteiger partial charge >= 0.3 is 6.36 Å². The number of ether oxygens (including phenoxy) is 2. The fourth-order valence-corrected chi connectivity index (χ4v) is 3.05. The van der Waals surface area contributed by atoms with Crippen LogP contribution in [-0.2, 0) is 18.3 Å². The summed E-state index contributed by atoms with van der Waals surface area (Å²) in [6, 6.07) is 13.7. The van der Waals surface area contributed by atoms with Crippen LogP contribution in [0.25, 0.3) is 11.0 Å². The zero-order chi connectivity index (χ0) is 22.7. The van der Waals surface area contributed by atoms with E-state index in [1.807, 2.05) is 23.9 Å². The third-order valence-corrected chi connectivity index (χ3v) is 4.50. The topological polar surface area (TPSA) is 78.3 Å². The van der Waals surface area contributed by atoms with Gasteiger partial charge in [0.1, 0.15) is 23.5 Å². The molecule has 0 saturated carbocycles. The number of aromatic nitrogens is 3. The summed E-state index contributed by atoms with van der Waals surface area (Å²) in [5.41, 5.74) is 1.84. The Morgan fingerprint density at radius 1 is 1.00 bits per heavy atom. The largest absolute Gasteiger partial charge is 0.573 e. The van der Waals surface area contributed by atoms with Crippen molar-refractivity contribution >= 4 is 22.6 Å². The van der Waals surface area contributed by atoms with Gasteiger partial charge in [0.15, 0.2) is 0 Å². The number of carbonyl (C=O) groups is 1. The summed E-state index contributed by atoms with van der Waals surface area (Å²) in [7, 11) is 1.88. The van der Waals surface area contributed by atoms with Gasteiger partial charge in [-0.05, 0) is 48.0 Å². The number of rotatable bonds is 6. The molecule has 0 atom stereocenters. The first-order valence-electron chi connectivity index (χ1n) is 9.45. The molecule has 32 heavy (non-hydrogen) atoms. The van der Waals surface area contributed by atoms with Crippen molar-refractivity contribution < 1.29 is 27.4 Å². The Hall–Kier alpha value is -4.08. The van der Waals surface area contributed by atoms with E-state index in [1.165, 1.54) is 30.6 Å². The Labute approximate surface area is 180 Å². The molecule has 1 amide bonds. The molecule has 4 aromatic rings. The summed E-state index contributed by atoms with van der Waals surface area (Å²) in [5.74, 6) is 0.302. The van der Waals surface area contributed by atoms with E-state index in [-0.39, 0.29) is 18.1 Å². The first-order valence-corrected chi connectivity index (χ1v) is 9.45. The molecule has 0 unspecified atom stereocenters. The molecule has 2 aromatic carbocycles. The molecule has 0 saturated heterocycles. The number of nitrogens with zero attached hydrogens (tertiary/aromatic N) is 3. The van der Waals surface area contributed by atoms with Gasteiger partial charge < -0.3 is 19.4 Å². The molecule has 2 aromatic heterocycles. The second-order valence-corrected chi connectivity index (χ2v) is 6.89. The lowest BCUT2D eigenvalue weighted by Gasteiger charge is -2.10. The average Bonchev–Trinajstić information content (AvgIpc) is 3.12. The van der Waals surface area contributed by atoms with E-state index in [1.54, 1.807) is 24.3 Å². The van der Waals surface area contributed by atoms with Gasteiger partial charge in [-0.15, -0.1) is 13.2 Å². The summed E-state index contributed by atoms with van der Waals surface area (Å²) in [6.45, 7) is 0. The normalized spacial score (nSPS) is 11.4. The number of hydrogen-bond donors (Lipinski definition) is 1. The Kier molecular flexibility index (Phi) is 5.67. The Bertz CT molecular complexity index is 1240. The van der Waals surface area contributed by atoms with Gasteiger partial charge in [-0.3, -0.25) is 4.79 Å². The zero-order valence-corrected chi connectivity index (χ0v) is 16.8. The molecule has 2 heterocycles. The first kappa shape index (κ1) is 21.2. The lowest BCUT2D eigenvalue weighted by atomic mass is 10.1. The molecule has 0 spiro atoms. The number of amides is 1. The quantitative estimate of drug-likeness (QED) is 0.462. The average molecular weight is 442 g/mol. The minimum atomic E-state index is -4.75. The van der Waals surface area contributed by atoms with Gasteiger partial charge in [-0.25, -0.2) is 9.97 Å². The number of carbonyl (C=O) groups excluding carboxylic acids is 1. The molecule has 0 fully saturated rings. The molecule has 0 radical (unpaired) electrons. The Balaban J connectivity index is 1.35. The van der Waals surface area contributed by atoms with Gasteiger partial charge in [-0.2, -0.15) is 0 Å². The molecular weight excluding hydrogens is 425 g/mol. The predicted octanol–water partition coefficient (Wildman–Crippen LogP) is 4.84. The summed E-state index contributed by atoms with van der Waals surface area (Å²) in [4.78, 5) is 20.6. The Morgan fingerprint density at radius 2 is 1.69 bits per heavy atom. The fourth-order valence-electron chi connectivity index (χ4n) is 3.05. The summed E-state index contributed by atoms with van der Waals surface area (Å²) < 4.78 is 48.1. The van der Waals surface area contributed by atoms with Gasteiger partial charge in [0.25, 0.3) is 0 Å². The Morgan fingerprint density at radius 3 is 2.38 bits per heavy atom. The highest BCUT2D eigenvalue weighted by atomic mass is 19.4. The van der Waals surface area contributed by atoms with E-state index < -0.39 is 6.36 Å². The van der Waals surface area contributed by atoms with Gasteiger partial charge in [0.2, 0.25) is 11.8 Å². The number of hydrogen-bond acceptors (Lipinski definition) is 5. The van der Waals surface area contributed by atoms with Crippen LogP contribution < -0.4 is 14.8 Å². The van der Waals surface area contributed by atoms with Crippen LogP contribution in [0.4, 0.5) is 18.9 Å². The molecular formula is C22H17F3N4O3. The predicted molar refractivity (Wildman–Crippen MR) is 110 cm³/mol. The van der Waals surface area contributed by atoms with Gasteiger partial charge in [0, 0.05) is 18.9 Å². The lowest BCUT2D eigenvalue weighted by Crippen LogP contribution is -2.17. The standard InChI is InChI=1S/C22H17F3N4O3/c1-29-11-10-18-20(29)26-13-27-21(18)31-16-8-4-15(5-9-16)28-19(30)12-14-2-6-17(7-3-14)32-22(23,24)25/h2-11,13H,12H2,1H3,(H,28,30). The molecule has 0 aliphatic carbocycles. The molecule has 4 rings (SSSR count). The summed E-state index contributed by atoms with van der Waals surface area (Å²) >= 11 is 0. The van der Waals surface area contributed by atoms with Crippen molar-refractivity contribution in [2.24, 2.45) is 7.05 Å². The highest BCUT2D eigenvalue weighted by Gasteiger charge is 2.30. The van der Waals surface area contributed by atoms with E-state index in [0.717, 1.165) is 11.0 Å².